The molecule has 1 heteroatoms. The minimum atomic E-state index is 0.130. The van der Waals surface area contributed by atoms with Gasteiger partial charge in [0.25, 0.3) is 0 Å². The van der Waals surface area contributed by atoms with Crippen molar-refractivity contribution in [3.05, 3.63) is 70.8 Å². The number of aryl methyl sites for hydroxylation is 1. The summed E-state index contributed by atoms with van der Waals surface area (Å²) in [6.07, 6.45) is 13.8. The smallest absolute Gasteiger partial charge is 0.162 e. The fraction of sp³-hybridized carbons (Fsp3) is 0.409. The van der Waals surface area contributed by atoms with Crippen LogP contribution in [0.2, 0.25) is 0 Å². The Balaban J connectivity index is 1.96. The van der Waals surface area contributed by atoms with Gasteiger partial charge in [-0.1, -0.05) is 61.1 Å². The lowest BCUT2D eigenvalue weighted by molar-refractivity contribution is -0.121. The van der Waals surface area contributed by atoms with Crippen LogP contribution in [0, 0.1) is 12.8 Å². The van der Waals surface area contributed by atoms with Gasteiger partial charge in [-0.3, -0.25) is 4.79 Å². The minimum absolute atomic E-state index is 0.130. The molecule has 1 saturated carbocycles. The van der Waals surface area contributed by atoms with E-state index in [-0.39, 0.29) is 11.8 Å². The number of hydrogen-bond acceptors (Lipinski definition) is 1. The number of carbonyl (C=O) groups is 1. The van der Waals surface area contributed by atoms with Gasteiger partial charge in [0.1, 0.15) is 0 Å². The molecule has 1 nitrogen and oxygen atoms in total. The predicted molar refractivity (Wildman–Crippen MR) is 96.7 cm³/mol. The molecule has 0 heterocycles. The lowest BCUT2D eigenvalue weighted by Gasteiger charge is -2.30. The third-order valence-electron chi connectivity index (χ3n) is 5.41. The van der Waals surface area contributed by atoms with Gasteiger partial charge in [0.2, 0.25) is 0 Å². The van der Waals surface area contributed by atoms with Gasteiger partial charge >= 0.3 is 0 Å². The Morgan fingerprint density at radius 2 is 1.96 bits per heavy atom. The van der Waals surface area contributed by atoms with E-state index in [1.54, 1.807) is 0 Å². The second kappa shape index (κ2) is 6.70. The van der Waals surface area contributed by atoms with Gasteiger partial charge in [0.05, 0.1) is 0 Å². The molecule has 0 saturated heterocycles. The number of carbonyl (C=O) groups excluding carboxylic acids is 1. The van der Waals surface area contributed by atoms with E-state index in [4.69, 9.17) is 0 Å². The molecule has 0 radical (unpaired) electrons. The molecular formula is C22H26O. The molecule has 0 amide bonds. The molecule has 0 N–H and O–H groups in total. The van der Waals surface area contributed by atoms with Gasteiger partial charge in [-0.05, 0) is 55.7 Å². The number of hydrogen-bond donors (Lipinski definition) is 0. The molecule has 0 spiro atoms. The number of ketones is 1. The van der Waals surface area contributed by atoms with Gasteiger partial charge < -0.3 is 0 Å². The van der Waals surface area contributed by atoms with Crippen LogP contribution in [-0.4, -0.2) is 5.78 Å². The quantitative estimate of drug-likeness (QED) is 0.662. The van der Waals surface area contributed by atoms with E-state index in [1.807, 2.05) is 13.0 Å². The second-order valence-corrected chi connectivity index (χ2v) is 6.89. The molecule has 2 aliphatic rings. The number of Topliss-reactive ketones (excluding diaryl/α,β-unsaturated/α-hetero) is 1. The lowest BCUT2D eigenvalue weighted by atomic mass is 9.73. The molecule has 0 aliphatic heterocycles. The summed E-state index contributed by atoms with van der Waals surface area (Å²) in [5, 5.41) is 0. The number of rotatable bonds is 3. The van der Waals surface area contributed by atoms with Crippen molar-refractivity contribution >= 4 is 5.78 Å². The molecule has 0 bridgehead atoms. The zero-order valence-electron chi connectivity index (χ0n) is 14.4. The Labute approximate surface area is 139 Å². The molecule has 2 atom stereocenters. The van der Waals surface area contributed by atoms with Crippen LogP contribution in [0.25, 0.3) is 0 Å². The highest BCUT2D eigenvalue weighted by Crippen LogP contribution is 2.39. The molecular weight excluding hydrogens is 280 g/mol. The van der Waals surface area contributed by atoms with Gasteiger partial charge in [0.15, 0.2) is 5.78 Å². The van der Waals surface area contributed by atoms with E-state index in [1.165, 1.54) is 16.7 Å². The Hall–Kier alpha value is -1.89. The van der Waals surface area contributed by atoms with E-state index in [2.05, 4.69) is 56.4 Å². The van der Waals surface area contributed by atoms with Crippen molar-refractivity contribution in [3.8, 4) is 0 Å². The summed E-state index contributed by atoms with van der Waals surface area (Å²) in [7, 11) is 0. The van der Waals surface area contributed by atoms with E-state index < -0.39 is 0 Å². The van der Waals surface area contributed by atoms with E-state index in [9.17, 15) is 4.79 Å². The maximum absolute atomic E-state index is 12.8. The zero-order chi connectivity index (χ0) is 16.4. The fourth-order valence-electron chi connectivity index (χ4n) is 4.02. The Kier molecular flexibility index (Phi) is 4.66. The summed E-state index contributed by atoms with van der Waals surface area (Å²) < 4.78 is 0. The van der Waals surface area contributed by atoms with Crippen molar-refractivity contribution in [2.75, 3.05) is 0 Å². The van der Waals surface area contributed by atoms with E-state index in [0.717, 1.165) is 24.8 Å². The maximum atomic E-state index is 12.8. The molecule has 1 unspecified atom stereocenters. The molecule has 23 heavy (non-hydrogen) atoms. The van der Waals surface area contributed by atoms with Crippen LogP contribution < -0.4 is 0 Å². The second-order valence-electron chi connectivity index (χ2n) is 6.89. The summed E-state index contributed by atoms with van der Waals surface area (Å²) in [5.74, 6) is 1.13. The van der Waals surface area contributed by atoms with Crippen LogP contribution in [0.3, 0.4) is 0 Å². The Morgan fingerprint density at radius 1 is 1.22 bits per heavy atom. The third kappa shape index (κ3) is 3.10. The summed E-state index contributed by atoms with van der Waals surface area (Å²) in [5.41, 5.74) is 5.02. The monoisotopic (exact) mass is 306 g/mol. The maximum Gasteiger partial charge on any atom is 0.162 e. The first kappa shape index (κ1) is 16.0. The first-order valence-electron chi connectivity index (χ1n) is 8.76. The van der Waals surface area contributed by atoms with Crippen molar-refractivity contribution in [2.45, 2.75) is 51.9 Å². The third-order valence-corrected chi connectivity index (χ3v) is 5.41. The lowest BCUT2D eigenvalue weighted by Crippen LogP contribution is -2.27. The minimum Gasteiger partial charge on any atom is -0.294 e. The molecule has 0 aromatic heterocycles. The Bertz CT molecular complexity index is 678. The van der Waals surface area contributed by atoms with E-state index in [0.29, 0.717) is 11.7 Å². The first-order chi connectivity index (χ1) is 11.1. The summed E-state index contributed by atoms with van der Waals surface area (Å²) in [4.78, 5) is 12.8. The summed E-state index contributed by atoms with van der Waals surface area (Å²) in [6.45, 7) is 6.37. The van der Waals surface area contributed by atoms with Crippen LogP contribution in [0.15, 0.2) is 54.2 Å². The van der Waals surface area contributed by atoms with Gasteiger partial charge in [-0.2, -0.15) is 0 Å². The highest BCUT2D eigenvalue weighted by Gasteiger charge is 2.32. The largest absolute Gasteiger partial charge is 0.294 e. The van der Waals surface area contributed by atoms with Crippen molar-refractivity contribution in [3.63, 3.8) is 0 Å². The van der Waals surface area contributed by atoms with Crippen LogP contribution in [0.4, 0.5) is 0 Å². The SMILES string of the molecule is C/C=C1\CCCC([C@H](C)c2ccc(C)cc2C2C=CC=C2)C1=O. The van der Waals surface area contributed by atoms with Crippen molar-refractivity contribution in [1.29, 1.82) is 0 Å². The Morgan fingerprint density at radius 3 is 2.65 bits per heavy atom. The molecule has 1 fully saturated rings. The molecule has 3 rings (SSSR count). The average molecular weight is 306 g/mol. The molecule has 2 aliphatic carbocycles. The predicted octanol–water partition coefficient (Wildman–Crippen LogP) is 5.62. The normalized spacial score (nSPS) is 24.6. The number of allylic oxidation sites excluding steroid dienone is 6. The topological polar surface area (TPSA) is 17.1 Å². The van der Waals surface area contributed by atoms with Crippen molar-refractivity contribution in [1.82, 2.24) is 0 Å². The van der Waals surface area contributed by atoms with Crippen LogP contribution in [-0.2, 0) is 4.79 Å². The van der Waals surface area contributed by atoms with Gasteiger partial charge in [-0.15, -0.1) is 0 Å². The number of benzene rings is 1. The van der Waals surface area contributed by atoms with Crippen LogP contribution in [0.1, 0.15) is 61.6 Å². The molecule has 1 aromatic rings. The molecule has 120 valence electrons. The summed E-state index contributed by atoms with van der Waals surface area (Å²) >= 11 is 0. The summed E-state index contributed by atoms with van der Waals surface area (Å²) in [6, 6.07) is 6.72. The average Bonchev–Trinajstić information content (AvgIpc) is 3.09. The standard InChI is InChI=1S/C22H26O/c1-4-17-10-7-11-20(22(17)23)16(3)19-13-12-15(2)14-21(19)18-8-5-6-9-18/h4-6,8-9,12-14,16,18,20H,7,10-11H2,1-3H3/b17-4+/t16-,20?/m1/s1. The van der Waals surface area contributed by atoms with E-state index >= 15 is 0 Å². The molecule has 1 aromatic carbocycles. The van der Waals surface area contributed by atoms with Crippen LogP contribution in [0.5, 0.6) is 0 Å². The van der Waals surface area contributed by atoms with Crippen molar-refractivity contribution < 1.29 is 4.79 Å². The van der Waals surface area contributed by atoms with Gasteiger partial charge in [0, 0.05) is 11.8 Å². The van der Waals surface area contributed by atoms with Gasteiger partial charge in [-0.25, -0.2) is 0 Å². The van der Waals surface area contributed by atoms with Crippen molar-refractivity contribution in [2.24, 2.45) is 5.92 Å². The first-order valence-corrected chi connectivity index (χ1v) is 8.76. The highest BCUT2D eigenvalue weighted by molar-refractivity contribution is 5.98. The zero-order valence-corrected chi connectivity index (χ0v) is 14.4. The highest BCUT2D eigenvalue weighted by atomic mass is 16.1. The van der Waals surface area contributed by atoms with Crippen LogP contribution >= 0.6 is 0 Å². The fourth-order valence-corrected chi connectivity index (χ4v) is 4.02.